The number of carboxylic acids is 1. The first-order chi connectivity index (χ1) is 9.23. The third-order valence-corrected chi connectivity index (χ3v) is 2.89. The molecule has 0 unspecified atom stereocenters. The van der Waals surface area contributed by atoms with E-state index < -0.39 is 29.1 Å². The number of carbonyl (C=O) groups is 1. The van der Waals surface area contributed by atoms with Gasteiger partial charge in [-0.25, -0.2) is 8.78 Å². The number of rotatable bonds is 6. The lowest BCUT2D eigenvalue weighted by Gasteiger charge is -2.28. The lowest BCUT2D eigenvalue weighted by atomic mass is 9.87. The smallest absolute Gasteiger partial charge is 0.321 e. The normalized spacial score (nSPS) is 13.2. The standard InChI is InChI=1S/C14H20F2N2O2/c1-14(2,3)12(13(19)20)18-8-17-7-9-5-4-6-10(15)11(9)16/h4-6,12,17-18H,7-8H2,1-3H3,(H,19,20)/t12-/m1/s1. The predicted molar refractivity (Wildman–Crippen MR) is 72.1 cm³/mol. The van der Waals surface area contributed by atoms with Crippen molar-refractivity contribution in [1.29, 1.82) is 0 Å². The molecular formula is C14H20F2N2O2. The molecule has 20 heavy (non-hydrogen) atoms. The summed E-state index contributed by atoms with van der Waals surface area (Å²) in [5.41, 5.74) is -0.244. The molecule has 1 aromatic carbocycles. The van der Waals surface area contributed by atoms with E-state index in [9.17, 15) is 13.6 Å². The van der Waals surface area contributed by atoms with Crippen LogP contribution in [-0.2, 0) is 11.3 Å². The maximum atomic E-state index is 13.4. The van der Waals surface area contributed by atoms with Gasteiger partial charge in [0.05, 0.1) is 0 Å². The van der Waals surface area contributed by atoms with Gasteiger partial charge < -0.3 is 10.4 Å². The van der Waals surface area contributed by atoms with Crippen molar-refractivity contribution in [3.8, 4) is 0 Å². The van der Waals surface area contributed by atoms with Gasteiger partial charge in [0, 0.05) is 18.8 Å². The lowest BCUT2D eigenvalue weighted by molar-refractivity contribution is -0.142. The molecule has 112 valence electrons. The van der Waals surface area contributed by atoms with Crippen LogP contribution in [0.2, 0.25) is 0 Å². The van der Waals surface area contributed by atoms with Gasteiger partial charge in [0.25, 0.3) is 0 Å². The summed E-state index contributed by atoms with van der Waals surface area (Å²) >= 11 is 0. The van der Waals surface area contributed by atoms with E-state index in [1.54, 1.807) is 0 Å². The molecule has 0 saturated carbocycles. The van der Waals surface area contributed by atoms with Crippen molar-refractivity contribution < 1.29 is 18.7 Å². The summed E-state index contributed by atoms with van der Waals surface area (Å²) in [4.78, 5) is 11.1. The molecule has 0 aliphatic carbocycles. The van der Waals surface area contributed by atoms with E-state index in [1.807, 2.05) is 20.8 Å². The topological polar surface area (TPSA) is 61.4 Å². The number of hydrogen-bond acceptors (Lipinski definition) is 3. The quantitative estimate of drug-likeness (QED) is 0.553. The summed E-state index contributed by atoms with van der Waals surface area (Å²) in [7, 11) is 0. The highest BCUT2D eigenvalue weighted by molar-refractivity contribution is 5.74. The van der Waals surface area contributed by atoms with Crippen molar-refractivity contribution in [3.63, 3.8) is 0 Å². The first-order valence-electron chi connectivity index (χ1n) is 6.33. The first-order valence-corrected chi connectivity index (χ1v) is 6.33. The zero-order chi connectivity index (χ0) is 15.3. The number of benzene rings is 1. The zero-order valence-corrected chi connectivity index (χ0v) is 11.8. The van der Waals surface area contributed by atoms with Crippen LogP contribution in [0.3, 0.4) is 0 Å². The highest BCUT2D eigenvalue weighted by Gasteiger charge is 2.30. The fourth-order valence-corrected chi connectivity index (χ4v) is 1.82. The number of nitrogens with one attached hydrogen (secondary N) is 2. The van der Waals surface area contributed by atoms with Crippen molar-refractivity contribution >= 4 is 5.97 Å². The number of hydrogen-bond donors (Lipinski definition) is 3. The monoisotopic (exact) mass is 286 g/mol. The second kappa shape index (κ2) is 6.76. The van der Waals surface area contributed by atoms with Gasteiger partial charge in [-0.3, -0.25) is 10.1 Å². The van der Waals surface area contributed by atoms with Crippen molar-refractivity contribution in [3.05, 3.63) is 35.4 Å². The Balaban J connectivity index is 2.49. The van der Waals surface area contributed by atoms with E-state index in [2.05, 4.69) is 10.6 Å². The molecule has 6 heteroatoms. The van der Waals surface area contributed by atoms with Crippen LogP contribution in [0.5, 0.6) is 0 Å². The molecule has 0 saturated heterocycles. The minimum Gasteiger partial charge on any atom is -0.480 e. The molecule has 1 atom stereocenters. The first kappa shape index (κ1) is 16.5. The third kappa shape index (κ3) is 4.54. The van der Waals surface area contributed by atoms with Gasteiger partial charge in [-0.1, -0.05) is 32.9 Å². The molecule has 0 amide bonds. The third-order valence-electron chi connectivity index (χ3n) is 2.89. The predicted octanol–water partition coefficient (Wildman–Crippen LogP) is 2.10. The minimum absolute atomic E-state index is 0.118. The van der Waals surface area contributed by atoms with Gasteiger partial charge >= 0.3 is 5.97 Å². The summed E-state index contributed by atoms with van der Waals surface area (Å²) < 4.78 is 26.4. The van der Waals surface area contributed by atoms with E-state index in [-0.39, 0.29) is 18.8 Å². The minimum atomic E-state index is -0.948. The van der Waals surface area contributed by atoms with Crippen LogP contribution < -0.4 is 10.6 Å². The number of aliphatic carboxylic acids is 1. The highest BCUT2D eigenvalue weighted by atomic mass is 19.2. The van der Waals surface area contributed by atoms with Crippen molar-refractivity contribution in [1.82, 2.24) is 10.6 Å². The van der Waals surface area contributed by atoms with Crippen molar-refractivity contribution in [2.24, 2.45) is 5.41 Å². The van der Waals surface area contributed by atoms with E-state index in [1.165, 1.54) is 12.1 Å². The lowest BCUT2D eigenvalue weighted by Crippen LogP contribution is -2.49. The van der Waals surface area contributed by atoms with Crippen LogP contribution in [-0.4, -0.2) is 23.8 Å². The molecule has 0 spiro atoms. The summed E-state index contributed by atoms with van der Waals surface area (Å²) in [5.74, 6) is -2.72. The Labute approximate surface area is 117 Å². The van der Waals surface area contributed by atoms with Gasteiger partial charge in [0.2, 0.25) is 0 Å². The molecule has 0 aliphatic heterocycles. The van der Waals surface area contributed by atoms with Crippen LogP contribution in [0, 0.1) is 17.0 Å². The Morgan fingerprint density at radius 1 is 1.35 bits per heavy atom. The fourth-order valence-electron chi connectivity index (χ4n) is 1.82. The molecule has 0 aliphatic rings. The summed E-state index contributed by atoms with van der Waals surface area (Å²) in [6.45, 7) is 5.73. The summed E-state index contributed by atoms with van der Waals surface area (Å²) in [6, 6.07) is 3.23. The molecular weight excluding hydrogens is 266 g/mol. The van der Waals surface area contributed by atoms with Crippen LogP contribution in [0.4, 0.5) is 8.78 Å². The molecule has 1 rings (SSSR count). The Kier molecular flexibility index (Phi) is 5.59. The Bertz CT molecular complexity index is 473. The molecule has 0 heterocycles. The fraction of sp³-hybridized carbons (Fsp3) is 0.500. The van der Waals surface area contributed by atoms with E-state index >= 15 is 0 Å². The molecule has 0 aromatic heterocycles. The van der Waals surface area contributed by atoms with Gasteiger partial charge in [0.15, 0.2) is 11.6 Å². The van der Waals surface area contributed by atoms with Gasteiger partial charge in [-0.15, -0.1) is 0 Å². The Morgan fingerprint density at radius 3 is 2.55 bits per heavy atom. The van der Waals surface area contributed by atoms with Crippen LogP contribution in [0.25, 0.3) is 0 Å². The molecule has 3 N–H and O–H groups in total. The molecule has 0 radical (unpaired) electrons. The molecule has 4 nitrogen and oxygen atoms in total. The maximum absolute atomic E-state index is 13.4. The number of halogens is 2. The number of carboxylic acid groups (broad SMARTS) is 1. The Hall–Kier alpha value is -1.53. The molecule has 0 bridgehead atoms. The zero-order valence-electron chi connectivity index (χ0n) is 11.8. The van der Waals surface area contributed by atoms with Gasteiger partial charge in [-0.05, 0) is 11.5 Å². The van der Waals surface area contributed by atoms with Gasteiger partial charge in [-0.2, -0.15) is 0 Å². The maximum Gasteiger partial charge on any atom is 0.321 e. The molecule has 0 fully saturated rings. The van der Waals surface area contributed by atoms with Crippen LogP contribution in [0.1, 0.15) is 26.3 Å². The highest BCUT2D eigenvalue weighted by Crippen LogP contribution is 2.19. The van der Waals surface area contributed by atoms with Crippen LogP contribution >= 0.6 is 0 Å². The SMILES string of the molecule is CC(C)(C)[C@H](NCNCc1cccc(F)c1F)C(=O)O. The van der Waals surface area contributed by atoms with Crippen molar-refractivity contribution in [2.45, 2.75) is 33.4 Å². The van der Waals surface area contributed by atoms with Crippen LogP contribution in [0.15, 0.2) is 18.2 Å². The Morgan fingerprint density at radius 2 is 2.00 bits per heavy atom. The average molecular weight is 286 g/mol. The van der Waals surface area contributed by atoms with Crippen molar-refractivity contribution in [2.75, 3.05) is 6.67 Å². The largest absolute Gasteiger partial charge is 0.480 e. The van der Waals surface area contributed by atoms with E-state index in [4.69, 9.17) is 5.11 Å². The van der Waals surface area contributed by atoms with Gasteiger partial charge in [0.1, 0.15) is 6.04 Å². The summed E-state index contributed by atoms with van der Waals surface area (Å²) in [6.07, 6.45) is 0. The average Bonchev–Trinajstić information content (AvgIpc) is 2.31. The van der Waals surface area contributed by atoms with E-state index in [0.29, 0.717) is 0 Å². The summed E-state index contributed by atoms with van der Waals surface area (Å²) in [5, 5.41) is 14.8. The molecule has 1 aromatic rings. The van der Waals surface area contributed by atoms with E-state index in [0.717, 1.165) is 6.07 Å². The second-order valence-corrected chi connectivity index (χ2v) is 5.66. The second-order valence-electron chi connectivity index (χ2n) is 5.66.